The van der Waals surface area contributed by atoms with Crippen LogP contribution < -0.4 is 10.5 Å². The molecular weight excluding hydrogens is 494 g/mol. The Morgan fingerprint density at radius 2 is 1.70 bits per heavy atom. The standard InChI is InChI=1S/C27H27N3O6S/c1-29-23-12-11-22(17-24(23)36-26(29)32)37(34,35)28-21-9-7-20(8-10-21)25(31)30-15-13-27(33,14-16-30)18-19-5-3-2-4-6-19/h2-12,17,28,33H,13-16,18H2,1H3. The lowest BCUT2D eigenvalue weighted by Gasteiger charge is -2.38. The molecule has 192 valence electrons. The number of rotatable bonds is 6. The highest BCUT2D eigenvalue weighted by Gasteiger charge is 2.34. The van der Waals surface area contributed by atoms with Crippen molar-refractivity contribution in [3.8, 4) is 0 Å². The molecule has 37 heavy (non-hydrogen) atoms. The molecule has 0 atom stereocenters. The molecule has 2 heterocycles. The van der Waals surface area contributed by atoms with Crippen molar-refractivity contribution in [2.45, 2.75) is 29.8 Å². The van der Waals surface area contributed by atoms with Gasteiger partial charge in [0, 0.05) is 43.9 Å². The van der Waals surface area contributed by atoms with Gasteiger partial charge in [0.15, 0.2) is 5.58 Å². The van der Waals surface area contributed by atoms with E-state index in [-0.39, 0.29) is 16.4 Å². The van der Waals surface area contributed by atoms with Crippen molar-refractivity contribution >= 4 is 32.7 Å². The number of piperidine rings is 1. The van der Waals surface area contributed by atoms with Crippen molar-refractivity contribution in [3.63, 3.8) is 0 Å². The number of hydrogen-bond acceptors (Lipinski definition) is 6. The van der Waals surface area contributed by atoms with Crippen LogP contribution in [0.3, 0.4) is 0 Å². The van der Waals surface area contributed by atoms with E-state index in [0.717, 1.165) is 5.56 Å². The van der Waals surface area contributed by atoms with Gasteiger partial charge in [-0.3, -0.25) is 14.1 Å². The second-order valence-electron chi connectivity index (χ2n) is 9.42. The quantitative estimate of drug-likeness (QED) is 0.402. The minimum atomic E-state index is -3.95. The van der Waals surface area contributed by atoms with Gasteiger partial charge in [0.2, 0.25) is 0 Å². The lowest BCUT2D eigenvalue weighted by atomic mass is 9.85. The molecule has 1 aliphatic rings. The van der Waals surface area contributed by atoms with E-state index in [9.17, 15) is 23.1 Å². The maximum Gasteiger partial charge on any atom is 0.419 e. The number of anilines is 1. The highest BCUT2D eigenvalue weighted by molar-refractivity contribution is 7.92. The van der Waals surface area contributed by atoms with Crippen LogP contribution in [-0.2, 0) is 23.5 Å². The van der Waals surface area contributed by atoms with Crippen molar-refractivity contribution in [2.24, 2.45) is 7.05 Å². The maximum atomic E-state index is 13.0. The molecule has 5 rings (SSSR count). The molecule has 0 saturated carbocycles. The van der Waals surface area contributed by atoms with E-state index in [0.29, 0.717) is 49.1 Å². The van der Waals surface area contributed by atoms with Crippen LogP contribution in [0.2, 0.25) is 0 Å². The minimum Gasteiger partial charge on any atom is -0.408 e. The van der Waals surface area contributed by atoms with E-state index in [2.05, 4.69) is 4.72 Å². The predicted octanol–water partition coefficient (Wildman–Crippen LogP) is 3.14. The Balaban J connectivity index is 1.23. The molecule has 2 N–H and O–H groups in total. The first kappa shape index (κ1) is 24.8. The number of hydrogen-bond donors (Lipinski definition) is 2. The summed E-state index contributed by atoms with van der Waals surface area (Å²) in [6, 6.07) is 20.2. The topological polar surface area (TPSA) is 122 Å². The molecule has 3 aromatic carbocycles. The molecule has 9 nitrogen and oxygen atoms in total. The first-order valence-corrected chi connectivity index (χ1v) is 13.4. The zero-order valence-corrected chi connectivity index (χ0v) is 21.1. The zero-order valence-electron chi connectivity index (χ0n) is 20.3. The van der Waals surface area contributed by atoms with Crippen LogP contribution in [0.15, 0.2) is 86.9 Å². The monoisotopic (exact) mass is 521 g/mol. The molecule has 0 bridgehead atoms. The number of oxazole rings is 1. The van der Waals surface area contributed by atoms with Gasteiger partial charge in [0.25, 0.3) is 15.9 Å². The van der Waals surface area contributed by atoms with Gasteiger partial charge < -0.3 is 14.4 Å². The molecule has 1 fully saturated rings. The summed E-state index contributed by atoms with van der Waals surface area (Å²) in [6.45, 7) is 0.878. The molecule has 0 unspecified atom stereocenters. The molecule has 0 aliphatic carbocycles. The zero-order chi connectivity index (χ0) is 26.2. The highest BCUT2D eigenvalue weighted by atomic mass is 32.2. The minimum absolute atomic E-state index is 0.0502. The number of fused-ring (bicyclic) bond motifs is 1. The van der Waals surface area contributed by atoms with Gasteiger partial charge in [0.05, 0.1) is 16.0 Å². The van der Waals surface area contributed by atoms with Gasteiger partial charge in [-0.1, -0.05) is 30.3 Å². The molecule has 0 radical (unpaired) electrons. The van der Waals surface area contributed by atoms with Crippen molar-refractivity contribution in [1.29, 1.82) is 0 Å². The van der Waals surface area contributed by atoms with Crippen LogP contribution in [0.5, 0.6) is 0 Å². The summed E-state index contributed by atoms with van der Waals surface area (Å²) in [7, 11) is -2.41. The lowest BCUT2D eigenvalue weighted by molar-refractivity contribution is -0.0162. The Kier molecular flexibility index (Phi) is 6.38. The van der Waals surface area contributed by atoms with Crippen LogP contribution >= 0.6 is 0 Å². The second-order valence-corrected chi connectivity index (χ2v) is 11.1. The Labute approximate surface area is 214 Å². The average Bonchev–Trinajstić information content (AvgIpc) is 3.17. The van der Waals surface area contributed by atoms with E-state index in [1.807, 2.05) is 30.3 Å². The van der Waals surface area contributed by atoms with Gasteiger partial charge in [-0.2, -0.15) is 0 Å². The van der Waals surface area contributed by atoms with Crippen LogP contribution in [0, 0.1) is 0 Å². The van der Waals surface area contributed by atoms with Crippen molar-refractivity contribution in [3.05, 3.63) is 94.5 Å². The van der Waals surface area contributed by atoms with Crippen molar-refractivity contribution in [1.82, 2.24) is 9.47 Å². The number of carbonyl (C=O) groups excluding carboxylic acids is 1. The summed E-state index contributed by atoms with van der Waals surface area (Å²) < 4.78 is 34.6. The highest BCUT2D eigenvalue weighted by Crippen LogP contribution is 2.28. The summed E-state index contributed by atoms with van der Waals surface area (Å²) in [6.07, 6.45) is 1.52. The van der Waals surface area contributed by atoms with Gasteiger partial charge in [-0.05, 0) is 54.8 Å². The number of benzene rings is 3. The SMILES string of the molecule is Cn1c(=O)oc2cc(S(=O)(=O)Nc3ccc(C(=O)N4CCC(O)(Cc5ccccc5)CC4)cc3)ccc21. The van der Waals surface area contributed by atoms with E-state index in [1.165, 1.54) is 41.9 Å². The first-order chi connectivity index (χ1) is 17.6. The van der Waals surface area contributed by atoms with Crippen LogP contribution in [0.4, 0.5) is 5.69 Å². The number of aryl methyl sites for hydroxylation is 1. The van der Waals surface area contributed by atoms with E-state index >= 15 is 0 Å². The van der Waals surface area contributed by atoms with Crippen LogP contribution in [-0.4, -0.2) is 47.6 Å². The van der Waals surface area contributed by atoms with E-state index in [4.69, 9.17) is 4.42 Å². The largest absolute Gasteiger partial charge is 0.419 e. The summed E-state index contributed by atoms with van der Waals surface area (Å²) in [5.41, 5.74) is 1.62. The summed E-state index contributed by atoms with van der Waals surface area (Å²) >= 11 is 0. The predicted molar refractivity (Wildman–Crippen MR) is 139 cm³/mol. The van der Waals surface area contributed by atoms with Gasteiger partial charge in [0.1, 0.15) is 0 Å². The van der Waals surface area contributed by atoms with E-state index in [1.54, 1.807) is 17.0 Å². The number of aromatic nitrogens is 1. The first-order valence-electron chi connectivity index (χ1n) is 11.9. The molecular formula is C27H27N3O6S. The number of nitrogens with one attached hydrogen (secondary N) is 1. The number of sulfonamides is 1. The van der Waals surface area contributed by atoms with Crippen molar-refractivity contribution in [2.75, 3.05) is 17.8 Å². The number of nitrogens with zero attached hydrogens (tertiary/aromatic N) is 2. The molecule has 10 heteroatoms. The molecule has 0 spiro atoms. The van der Waals surface area contributed by atoms with Gasteiger partial charge in [-0.25, -0.2) is 13.2 Å². The normalized spacial score (nSPS) is 15.6. The Bertz CT molecular complexity index is 1600. The smallest absolute Gasteiger partial charge is 0.408 e. The van der Waals surface area contributed by atoms with E-state index < -0.39 is 21.4 Å². The Morgan fingerprint density at radius 3 is 2.38 bits per heavy atom. The number of aliphatic hydroxyl groups is 1. The second kappa shape index (κ2) is 9.53. The summed E-state index contributed by atoms with van der Waals surface area (Å²) in [4.78, 5) is 26.4. The van der Waals surface area contributed by atoms with Gasteiger partial charge in [-0.15, -0.1) is 0 Å². The third-order valence-corrected chi connectivity index (χ3v) is 8.19. The van der Waals surface area contributed by atoms with Crippen molar-refractivity contribution < 1.29 is 22.7 Å². The van der Waals surface area contributed by atoms with Crippen LogP contribution in [0.1, 0.15) is 28.8 Å². The average molecular weight is 522 g/mol. The number of amides is 1. The lowest BCUT2D eigenvalue weighted by Crippen LogP contribution is -2.47. The fraction of sp³-hybridized carbons (Fsp3) is 0.259. The summed E-state index contributed by atoms with van der Waals surface area (Å²) in [5, 5.41) is 11.0. The number of likely N-dealkylation sites (tertiary alicyclic amines) is 1. The molecule has 1 amide bonds. The Hall–Kier alpha value is -3.89. The fourth-order valence-corrected chi connectivity index (χ4v) is 5.71. The van der Waals surface area contributed by atoms with Crippen LogP contribution in [0.25, 0.3) is 11.1 Å². The maximum absolute atomic E-state index is 13.0. The molecule has 4 aromatic rings. The fourth-order valence-electron chi connectivity index (χ4n) is 4.64. The molecule has 1 aromatic heterocycles. The number of carbonyl (C=O) groups is 1. The molecule has 1 aliphatic heterocycles. The van der Waals surface area contributed by atoms with Gasteiger partial charge >= 0.3 is 5.76 Å². The third kappa shape index (κ3) is 5.16. The Morgan fingerprint density at radius 1 is 1.03 bits per heavy atom. The third-order valence-electron chi connectivity index (χ3n) is 6.82. The summed E-state index contributed by atoms with van der Waals surface area (Å²) in [5.74, 6) is -0.743. The molecule has 1 saturated heterocycles.